The number of H-pyrrole nitrogens is 2. The van der Waals surface area contributed by atoms with Crippen molar-refractivity contribution in [3.05, 3.63) is 53.6 Å². The largest absolute Gasteiger partial charge is 0.337 e. The highest BCUT2D eigenvalue weighted by atomic mass is 35.5. The molecule has 8 nitrogen and oxygen atoms in total. The van der Waals surface area contributed by atoms with Gasteiger partial charge < -0.3 is 10.3 Å². The van der Waals surface area contributed by atoms with Gasteiger partial charge in [-0.2, -0.15) is 5.10 Å². The first kappa shape index (κ1) is 14.3. The summed E-state index contributed by atoms with van der Waals surface area (Å²) in [4.78, 5) is 27.5. The van der Waals surface area contributed by atoms with Crippen LogP contribution in [0.25, 0.3) is 22.6 Å². The number of nitrogens with one attached hydrogen (secondary N) is 3. The number of rotatable bonds is 3. The van der Waals surface area contributed by atoms with E-state index in [9.17, 15) is 4.79 Å². The summed E-state index contributed by atoms with van der Waals surface area (Å²) in [6.45, 7) is 0. The molecule has 0 aliphatic heterocycles. The van der Waals surface area contributed by atoms with Gasteiger partial charge in [-0.25, -0.2) is 15.0 Å². The Morgan fingerprint density at radius 1 is 1.17 bits per heavy atom. The molecule has 0 fully saturated rings. The van der Waals surface area contributed by atoms with Gasteiger partial charge in [-0.1, -0.05) is 23.7 Å². The van der Waals surface area contributed by atoms with Crippen molar-refractivity contribution in [3.63, 3.8) is 0 Å². The average molecular weight is 340 g/mol. The third kappa shape index (κ3) is 2.70. The zero-order valence-electron chi connectivity index (χ0n) is 12.1. The Hall–Kier alpha value is -3.26. The van der Waals surface area contributed by atoms with E-state index in [1.54, 1.807) is 6.07 Å². The van der Waals surface area contributed by atoms with Crippen molar-refractivity contribution in [2.24, 2.45) is 0 Å². The molecule has 0 aliphatic rings. The maximum Gasteiger partial charge on any atom is 0.277 e. The molecule has 0 aliphatic carbocycles. The lowest BCUT2D eigenvalue weighted by molar-refractivity contribution is 0.102. The van der Waals surface area contributed by atoms with Gasteiger partial charge in [0.1, 0.15) is 16.5 Å². The Morgan fingerprint density at radius 3 is 2.83 bits per heavy atom. The Kier molecular flexibility index (Phi) is 3.43. The quantitative estimate of drug-likeness (QED) is 0.531. The van der Waals surface area contributed by atoms with E-state index in [-0.39, 0.29) is 10.8 Å². The van der Waals surface area contributed by atoms with Crippen LogP contribution in [-0.2, 0) is 0 Å². The number of hydrogen-bond acceptors (Lipinski definition) is 5. The van der Waals surface area contributed by atoms with Gasteiger partial charge in [0.15, 0.2) is 11.6 Å². The second kappa shape index (κ2) is 5.74. The minimum Gasteiger partial charge on any atom is -0.337 e. The van der Waals surface area contributed by atoms with Crippen LogP contribution in [-0.4, -0.2) is 36.0 Å². The van der Waals surface area contributed by atoms with Crippen molar-refractivity contribution >= 4 is 34.4 Å². The number of carbonyl (C=O) groups is 1. The first-order valence-electron chi connectivity index (χ1n) is 6.98. The lowest BCUT2D eigenvalue weighted by Gasteiger charge is -1.99. The van der Waals surface area contributed by atoms with Gasteiger partial charge in [0.05, 0.1) is 23.4 Å². The molecular formula is C15H10ClN7O. The molecule has 24 heavy (non-hydrogen) atoms. The number of nitrogens with zero attached hydrogens (tertiary/aromatic N) is 4. The Balaban J connectivity index is 1.56. The normalized spacial score (nSPS) is 10.9. The highest BCUT2D eigenvalue weighted by molar-refractivity contribution is 6.29. The van der Waals surface area contributed by atoms with E-state index in [1.807, 2.05) is 24.3 Å². The van der Waals surface area contributed by atoms with E-state index in [2.05, 4.69) is 35.5 Å². The highest BCUT2D eigenvalue weighted by Crippen LogP contribution is 2.20. The minimum absolute atomic E-state index is 0.146. The molecule has 1 aromatic carbocycles. The van der Waals surface area contributed by atoms with E-state index in [0.29, 0.717) is 17.3 Å². The van der Waals surface area contributed by atoms with Crippen LogP contribution in [0.2, 0.25) is 5.15 Å². The number of carbonyl (C=O) groups excluding carboxylic acids is 1. The van der Waals surface area contributed by atoms with Crippen molar-refractivity contribution in [3.8, 4) is 11.5 Å². The molecule has 9 heteroatoms. The van der Waals surface area contributed by atoms with Gasteiger partial charge in [-0.3, -0.25) is 9.89 Å². The molecule has 3 heterocycles. The molecular weight excluding hydrogens is 330 g/mol. The van der Waals surface area contributed by atoms with Crippen molar-refractivity contribution < 1.29 is 4.79 Å². The fraction of sp³-hybridized carbons (Fsp3) is 0. The van der Waals surface area contributed by atoms with E-state index in [0.717, 1.165) is 11.0 Å². The number of benzene rings is 1. The number of amides is 1. The first-order chi connectivity index (χ1) is 11.7. The predicted molar refractivity (Wildman–Crippen MR) is 88.7 cm³/mol. The molecule has 3 N–H and O–H groups in total. The summed E-state index contributed by atoms with van der Waals surface area (Å²) in [6, 6.07) is 9.37. The molecule has 0 saturated carbocycles. The molecule has 4 rings (SSSR count). The fourth-order valence-electron chi connectivity index (χ4n) is 2.20. The first-order valence-corrected chi connectivity index (χ1v) is 7.36. The molecule has 1 amide bonds. The summed E-state index contributed by atoms with van der Waals surface area (Å²) in [5.41, 5.74) is 2.57. The van der Waals surface area contributed by atoms with Crippen molar-refractivity contribution in [1.82, 2.24) is 30.1 Å². The molecule has 4 aromatic rings. The van der Waals surface area contributed by atoms with Gasteiger partial charge in [-0.05, 0) is 12.1 Å². The van der Waals surface area contributed by atoms with Crippen molar-refractivity contribution in [2.45, 2.75) is 0 Å². The zero-order chi connectivity index (χ0) is 16.5. The molecule has 0 bridgehead atoms. The van der Waals surface area contributed by atoms with Crippen LogP contribution >= 0.6 is 11.6 Å². The fourth-order valence-corrected chi connectivity index (χ4v) is 2.29. The van der Waals surface area contributed by atoms with Gasteiger partial charge in [0.25, 0.3) is 5.91 Å². The molecule has 0 atom stereocenters. The highest BCUT2D eigenvalue weighted by Gasteiger charge is 2.12. The number of aromatic nitrogens is 6. The van der Waals surface area contributed by atoms with Gasteiger partial charge in [0.2, 0.25) is 0 Å². The Morgan fingerprint density at radius 2 is 2.04 bits per heavy atom. The molecule has 0 saturated heterocycles. The maximum absolute atomic E-state index is 12.1. The van der Waals surface area contributed by atoms with Gasteiger partial charge in [0, 0.05) is 6.07 Å². The van der Waals surface area contributed by atoms with Crippen LogP contribution in [0.4, 0.5) is 5.82 Å². The van der Waals surface area contributed by atoms with Crippen LogP contribution in [0.3, 0.4) is 0 Å². The van der Waals surface area contributed by atoms with Crippen LogP contribution < -0.4 is 5.32 Å². The van der Waals surface area contributed by atoms with E-state index >= 15 is 0 Å². The molecule has 0 radical (unpaired) electrons. The molecule has 118 valence electrons. The van der Waals surface area contributed by atoms with E-state index in [4.69, 9.17) is 11.6 Å². The molecule has 0 spiro atoms. The molecule has 3 aromatic heterocycles. The lowest BCUT2D eigenvalue weighted by Crippen LogP contribution is -2.14. The summed E-state index contributed by atoms with van der Waals surface area (Å²) in [7, 11) is 0. The summed E-state index contributed by atoms with van der Waals surface area (Å²) in [5, 5.41) is 9.74. The van der Waals surface area contributed by atoms with E-state index in [1.165, 1.54) is 12.4 Å². The number of halogens is 1. The summed E-state index contributed by atoms with van der Waals surface area (Å²) in [6.07, 6.45) is 2.60. The van der Waals surface area contributed by atoms with E-state index < -0.39 is 5.91 Å². The predicted octanol–water partition coefficient (Wildman–Crippen LogP) is 2.65. The monoisotopic (exact) mass is 339 g/mol. The van der Waals surface area contributed by atoms with Crippen molar-refractivity contribution in [1.29, 1.82) is 0 Å². The summed E-state index contributed by atoms with van der Waals surface area (Å²) < 4.78 is 0. The SMILES string of the molecule is O=C(Nc1cc(-c2nc3ccccc3[nH]2)[nH]n1)c1cnc(Cl)cn1. The second-order valence-electron chi connectivity index (χ2n) is 4.95. The number of hydrogen-bond donors (Lipinski definition) is 3. The van der Waals surface area contributed by atoms with Crippen LogP contribution in [0, 0.1) is 0 Å². The Bertz CT molecular complexity index is 989. The number of anilines is 1. The summed E-state index contributed by atoms with van der Waals surface area (Å²) >= 11 is 5.65. The maximum atomic E-state index is 12.1. The van der Waals surface area contributed by atoms with Crippen molar-refractivity contribution in [2.75, 3.05) is 5.32 Å². The third-order valence-corrected chi connectivity index (χ3v) is 3.51. The van der Waals surface area contributed by atoms with Crippen LogP contribution in [0.15, 0.2) is 42.7 Å². The van der Waals surface area contributed by atoms with Crippen LogP contribution in [0.5, 0.6) is 0 Å². The number of para-hydroxylation sites is 2. The van der Waals surface area contributed by atoms with Gasteiger partial charge >= 0.3 is 0 Å². The topological polar surface area (TPSA) is 112 Å². The number of fused-ring (bicyclic) bond motifs is 1. The zero-order valence-corrected chi connectivity index (χ0v) is 12.9. The molecule has 0 unspecified atom stereocenters. The average Bonchev–Trinajstić information content (AvgIpc) is 3.21. The van der Waals surface area contributed by atoms with Gasteiger partial charge in [-0.15, -0.1) is 0 Å². The van der Waals surface area contributed by atoms with Crippen LogP contribution in [0.1, 0.15) is 10.5 Å². The smallest absolute Gasteiger partial charge is 0.277 e. The number of imidazole rings is 1. The minimum atomic E-state index is -0.429. The Labute approximate surface area is 140 Å². The second-order valence-corrected chi connectivity index (χ2v) is 5.34. The number of aromatic amines is 2. The standard InChI is InChI=1S/C15H10ClN7O/c16-12-7-17-11(6-18-12)15(24)21-13-5-10(22-23-13)14-19-8-3-1-2-4-9(8)20-14/h1-7H,(H,19,20)(H2,21,22,23,24). The summed E-state index contributed by atoms with van der Waals surface area (Å²) in [5.74, 6) is 0.560. The third-order valence-electron chi connectivity index (χ3n) is 3.32. The lowest BCUT2D eigenvalue weighted by atomic mass is 10.3.